The van der Waals surface area contributed by atoms with E-state index in [-0.39, 0.29) is 0 Å². The molecule has 0 atom stereocenters. The van der Waals surface area contributed by atoms with Crippen molar-refractivity contribution in [3.8, 4) is 22.4 Å². The van der Waals surface area contributed by atoms with Crippen molar-refractivity contribution >= 4 is 17.2 Å². The number of aromatic nitrogens is 3. The van der Waals surface area contributed by atoms with Gasteiger partial charge in [0.2, 0.25) is 0 Å². The van der Waals surface area contributed by atoms with Gasteiger partial charge < -0.3 is 9.72 Å². The van der Waals surface area contributed by atoms with Crippen LogP contribution in [-0.4, -0.2) is 45.4 Å². The van der Waals surface area contributed by atoms with Gasteiger partial charge in [-0.3, -0.25) is 9.88 Å². The number of aryl methyl sites for hydroxylation is 1. The highest BCUT2D eigenvalue weighted by Gasteiger charge is 2.19. The monoisotopic (exact) mass is 431 g/mol. The first-order valence-corrected chi connectivity index (χ1v) is 11.2. The van der Waals surface area contributed by atoms with E-state index in [4.69, 9.17) is 16.6 Å². The Bertz CT molecular complexity index is 1190. The lowest BCUT2D eigenvalue weighted by Crippen LogP contribution is -2.28. The largest absolute Gasteiger partial charge is 0.315 e. The SMILES string of the molecule is Cc1cc(-c2ccc3nc(-c4ccc(Cl)cc4)c(CN4CCCNCC4)n3c2)ccn1. The molecule has 0 amide bonds. The van der Waals surface area contributed by atoms with E-state index in [1.54, 1.807) is 0 Å². The van der Waals surface area contributed by atoms with Gasteiger partial charge in [-0.15, -0.1) is 0 Å². The van der Waals surface area contributed by atoms with E-state index in [2.05, 4.69) is 62.2 Å². The smallest absolute Gasteiger partial charge is 0.137 e. The van der Waals surface area contributed by atoms with Crippen molar-refractivity contribution in [1.82, 2.24) is 24.6 Å². The van der Waals surface area contributed by atoms with Crippen molar-refractivity contribution in [2.24, 2.45) is 0 Å². The summed E-state index contributed by atoms with van der Waals surface area (Å²) in [6.45, 7) is 7.12. The Kier molecular flexibility index (Phi) is 5.72. The van der Waals surface area contributed by atoms with E-state index in [1.807, 2.05) is 25.3 Å². The fourth-order valence-electron chi connectivity index (χ4n) is 4.25. The van der Waals surface area contributed by atoms with Crippen LogP contribution in [0.25, 0.3) is 28.0 Å². The lowest BCUT2D eigenvalue weighted by molar-refractivity contribution is 0.281. The van der Waals surface area contributed by atoms with Gasteiger partial charge in [0.15, 0.2) is 0 Å². The minimum Gasteiger partial charge on any atom is -0.315 e. The first-order valence-electron chi connectivity index (χ1n) is 10.8. The summed E-state index contributed by atoms with van der Waals surface area (Å²) in [5, 5.41) is 4.24. The molecule has 0 aliphatic carbocycles. The van der Waals surface area contributed by atoms with Crippen LogP contribution in [-0.2, 0) is 6.54 Å². The summed E-state index contributed by atoms with van der Waals surface area (Å²) in [5.74, 6) is 0. The quantitative estimate of drug-likeness (QED) is 0.503. The van der Waals surface area contributed by atoms with Gasteiger partial charge in [0, 0.05) is 48.3 Å². The zero-order valence-corrected chi connectivity index (χ0v) is 18.4. The topological polar surface area (TPSA) is 45.5 Å². The Morgan fingerprint density at radius 1 is 0.968 bits per heavy atom. The molecule has 1 aliphatic heterocycles. The zero-order valence-electron chi connectivity index (χ0n) is 17.7. The van der Waals surface area contributed by atoms with Crippen LogP contribution in [0.5, 0.6) is 0 Å². The Hall–Kier alpha value is -2.73. The summed E-state index contributed by atoms with van der Waals surface area (Å²) < 4.78 is 2.26. The minimum absolute atomic E-state index is 0.739. The van der Waals surface area contributed by atoms with Crippen molar-refractivity contribution in [3.05, 3.63) is 77.3 Å². The number of nitrogens with one attached hydrogen (secondary N) is 1. The molecule has 3 aromatic heterocycles. The van der Waals surface area contributed by atoms with E-state index in [9.17, 15) is 0 Å². The summed E-state index contributed by atoms with van der Waals surface area (Å²) >= 11 is 6.15. The van der Waals surface area contributed by atoms with Crippen LogP contribution >= 0.6 is 11.6 Å². The average Bonchev–Trinajstić information content (AvgIpc) is 2.94. The molecule has 0 spiro atoms. The van der Waals surface area contributed by atoms with Crippen LogP contribution in [0.2, 0.25) is 5.02 Å². The van der Waals surface area contributed by atoms with Gasteiger partial charge in [0.25, 0.3) is 0 Å². The van der Waals surface area contributed by atoms with Crippen LogP contribution in [0.3, 0.4) is 0 Å². The molecule has 1 N–H and O–H groups in total. The molecule has 4 aromatic rings. The molecule has 0 bridgehead atoms. The summed E-state index contributed by atoms with van der Waals surface area (Å²) in [5.41, 5.74) is 7.64. The van der Waals surface area contributed by atoms with Crippen LogP contribution in [0.4, 0.5) is 0 Å². The zero-order chi connectivity index (χ0) is 21.2. The number of halogens is 1. The van der Waals surface area contributed by atoms with E-state index in [0.717, 1.165) is 72.3 Å². The number of nitrogens with zero attached hydrogens (tertiary/aromatic N) is 4. The predicted molar refractivity (Wildman–Crippen MR) is 126 cm³/mol. The molecule has 1 fully saturated rings. The van der Waals surface area contributed by atoms with Gasteiger partial charge in [0.05, 0.1) is 11.4 Å². The number of rotatable bonds is 4. The van der Waals surface area contributed by atoms with Gasteiger partial charge in [-0.05, 0) is 74.0 Å². The highest BCUT2D eigenvalue weighted by Crippen LogP contribution is 2.29. The second-order valence-corrected chi connectivity index (χ2v) is 8.56. The second-order valence-electron chi connectivity index (χ2n) is 8.13. The lowest BCUT2D eigenvalue weighted by atomic mass is 10.1. The van der Waals surface area contributed by atoms with Crippen molar-refractivity contribution in [3.63, 3.8) is 0 Å². The molecule has 158 valence electrons. The average molecular weight is 432 g/mol. The maximum absolute atomic E-state index is 6.15. The van der Waals surface area contributed by atoms with Gasteiger partial charge in [0.1, 0.15) is 5.65 Å². The minimum atomic E-state index is 0.739. The second kappa shape index (κ2) is 8.79. The fourth-order valence-corrected chi connectivity index (χ4v) is 4.38. The first kappa shape index (κ1) is 20.2. The normalized spacial score (nSPS) is 15.3. The van der Waals surface area contributed by atoms with Gasteiger partial charge in [-0.1, -0.05) is 23.7 Å². The Morgan fingerprint density at radius 2 is 1.81 bits per heavy atom. The molecular weight excluding hydrogens is 406 g/mol. The molecule has 0 unspecified atom stereocenters. The van der Waals surface area contributed by atoms with Crippen molar-refractivity contribution < 1.29 is 0 Å². The number of hydrogen-bond donors (Lipinski definition) is 1. The maximum atomic E-state index is 6.15. The van der Waals surface area contributed by atoms with E-state index >= 15 is 0 Å². The molecule has 1 aliphatic rings. The number of fused-ring (bicyclic) bond motifs is 1. The molecule has 0 radical (unpaired) electrons. The molecule has 5 nitrogen and oxygen atoms in total. The highest BCUT2D eigenvalue weighted by atomic mass is 35.5. The number of pyridine rings is 2. The third-order valence-corrected chi connectivity index (χ3v) is 6.12. The molecule has 1 aromatic carbocycles. The molecule has 0 saturated carbocycles. The molecular formula is C25H26ClN5. The van der Waals surface area contributed by atoms with Crippen LogP contribution in [0.1, 0.15) is 17.8 Å². The fraction of sp³-hybridized carbons (Fsp3) is 0.280. The summed E-state index contributed by atoms with van der Waals surface area (Å²) in [6, 6.07) is 16.4. The summed E-state index contributed by atoms with van der Waals surface area (Å²) in [7, 11) is 0. The lowest BCUT2D eigenvalue weighted by Gasteiger charge is -2.20. The van der Waals surface area contributed by atoms with E-state index in [1.165, 1.54) is 11.3 Å². The Labute approximate surface area is 187 Å². The molecule has 5 rings (SSSR count). The van der Waals surface area contributed by atoms with Crippen LogP contribution < -0.4 is 5.32 Å². The standard InChI is InChI=1S/C25H26ClN5/c1-18-15-20(9-11-28-18)21-5-8-24-29-25(19-3-6-22(26)7-4-19)23(31(24)16-21)17-30-13-2-10-27-12-14-30/h3-9,11,15-16,27H,2,10,12-14,17H2,1H3. The summed E-state index contributed by atoms with van der Waals surface area (Å²) in [6.07, 6.45) is 5.24. The number of imidazole rings is 1. The predicted octanol–water partition coefficient (Wildman–Crippen LogP) is 4.82. The van der Waals surface area contributed by atoms with Crippen LogP contribution in [0, 0.1) is 6.92 Å². The maximum Gasteiger partial charge on any atom is 0.137 e. The Balaban J connectivity index is 1.63. The van der Waals surface area contributed by atoms with E-state index in [0.29, 0.717) is 0 Å². The third-order valence-electron chi connectivity index (χ3n) is 5.87. The molecule has 6 heteroatoms. The van der Waals surface area contributed by atoms with Gasteiger partial charge >= 0.3 is 0 Å². The Morgan fingerprint density at radius 3 is 2.65 bits per heavy atom. The highest BCUT2D eigenvalue weighted by molar-refractivity contribution is 6.30. The molecule has 1 saturated heterocycles. The number of benzene rings is 1. The number of hydrogen-bond acceptors (Lipinski definition) is 4. The van der Waals surface area contributed by atoms with Crippen LogP contribution in [0.15, 0.2) is 60.9 Å². The van der Waals surface area contributed by atoms with Crippen molar-refractivity contribution in [2.75, 3.05) is 26.2 Å². The van der Waals surface area contributed by atoms with E-state index < -0.39 is 0 Å². The van der Waals surface area contributed by atoms with Crippen molar-refractivity contribution in [1.29, 1.82) is 0 Å². The summed E-state index contributed by atoms with van der Waals surface area (Å²) in [4.78, 5) is 11.9. The molecule has 31 heavy (non-hydrogen) atoms. The first-order chi connectivity index (χ1) is 15.2. The molecule has 4 heterocycles. The van der Waals surface area contributed by atoms with Gasteiger partial charge in [-0.2, -0.15) is 0 Å². The third kappa shape index (κ3) is 4.35. The van der Waals surface area contributed by atoms with Gasteiger partial charge in [-0.25, -0.2) is 4.98 Å². The van der Waals surface area contributed by atoms with Crippen molar-refractivity contribution in [2.45, 2.75) is 19.9 Å².